The predicted molar refractivity (Wildman–Crippen MR) is 126 cm³/mol. The van der Waals surface area contributed by atoms with Crippen molar-refractivity contribution in [3.05, 3.63) is 83.9 Å². The Morgan fingerprint density at radius 2 is 1.39 bits per heavy atom. The Kier molecular flexibility index (Phi) is 6.96. The van der Waals surface area contributed by atoms with Crippen molar-refractivity contribution in [1.29, 1.82) is 0 Å². The smallest absolute Gasteiger partial charge is 0.248 e. The lowest BCUT2D eigenvalue weighted by molar-refractivity contribution is 0.0414. The zero-order chi connectivity index (χ0) is 23.3. The van der Waals surface area contributed by atoms with Crippen LogP contribution in [0.15, 0.2) is 77.2 Å². The van der Waals surface area contributed by atoms with Crippen molar-refractivity contribution in [2.45, 2.75) is 19.0 Å². The van der Waals surface area contributed by atoms with E-state index in [-0.39, 0.29) is 19.8 Å². The zero-order valence-corrected chi connectivity index (χ0v) is 18.4. The van der Waals surface area contributed by atoms with Crippen LogP contribution in [0.2, 0.25) is 0 Å². The second kappa shape index (κ2) is 10.1. The Morgan fingerprint density at radius 1 is 0.758 bits per heavy atom. The number of aliphatic hydroxyl groups excluding tert-OH is 3. The molecule has 7 heteroatoms. The predicted octanol–water partition coefficient (Wildman–Crippen LogP) is 3.18. The SMILES string of the molecule is Cc1c(-c2ccccc2)cccc1-c1nnc(-c2cccc(CNC(CO)(CO)CO)c2)o1. The maximum Gasteiger partial charge on any atom is 0.248 e. The zero-order valence-electron chi connectivity index (χ0n) is 18.4. The highest BCUT2D eigenvalue weighted by Gasteiger charge is 2.27. The van der Waals surface area contributed by atoms with Gasteiger partial charge in [-0.05, 0) is 47.4 Å². The first-order chi connectivity index (χ1) is 16.1. The monoisotopic (exact) mass is 445 g/mol. The third-order valence-corrected chi connectivity index (χ3v) is 5.82. The van der Waals surface area contributed by atoms with E-state index in [0.29, 0.717) is 18.3 Å². The van der Waals surface area contributed by atoms with E-state index in [9.17, 15) is 15.3 Å². The molecule has 0 atom stereocenters. The summed E-state index contributed by atoms with van der Waals surface area (Å²) in [6, 6.07) is 23.7. The van der Waals surface area contributed by atoms with Gasteiger partial charge in [-0.15, -0.1) is 10.2 Å². The van der Waals surface area contributed by atoms with Crippen LogP contribution in [0.1, 0.15) is 11.1 Å². The van der Waals surface area contributed by atoms with E-state index in [2.05, 4.69) is 33.7 Å². The van der Waals surface area contributed by atoms with Crippen LogP contribution in [0.5, 0.6) is 0 Å². The van der Waals surface area contributed by atoms with Gasteiger partial charge in [-0.25, -0.2) is 0 Å². The Balaban J connectivity index is 1.58. The highest BCUT2D eigenvalue weighted by atomic mass is 16.4. The summed E-state index contributed by atoms with van der Waals surface area (Å²) in [6.07, 6.45) is 0. The van der Waals surface area contributed by atoms with Crippen molar-refractivity contribution in [2.75, 3.05) is 19.8 Å². The van der Waals surface area contributed by atoms with Crippen LogP contribution in [-0.4, -0.2) is 50.9 Å². The minimum atomic E-state index is -1.14. The summed E-state index contributed by atoms with van der Waals surface area (Å²) in [5, 5.41) is 40.0. The molecule has 4 N–H and O–H groups in total. The molecule has 1 heterocycles. The van der Waals surface area contributed by atoms with E-state index in [1.165, 1.54) is 0 Å². The average molecular weight is 446 g/mol. The lowest BCUT2D eigenvalue weighted by atomic mass is 9.96. The molecule has 0 radical (unpaired) electrons. The summed E-state index contributed by atoms with van der Waals surface area (Å²) < 4.78 is 6.03. The van der Waals surface area contributed by atoms with Crippen molar-refractivity contribution in [3.63, 3.8) is 0 Å². The van der Waals surface area contributed by atoms with Crippen molar-refractivity contribution in [3.8, 4) is 34.0 Å². The molecule has 0 saturated carbocycles. The van der Waals surface area contributed by atoms with Crippen LogP contribution >= 0.6 is 0 Å². The fourth-order valence-electron chi connectivity index (χ4n) is 3.67. The molecule has 0 saturated heterocycles. The molecule has 7 nitrogen and oxygen atoms in total. The fourth-order valence-corrected chi connectivity index (χ4v) is 3.67. The van der Waals surface area contributed by atoms with Crippen LogP contribution in [0.25, 0.3) is 34.0 Å². The van der Waals surface area contributed by atoms with Gasteiger partial charge in [0.15, 0.2) is 0 Å². The molecular weight excluding hydrogens is 418 g/mol. The summed E-state index contributed by atoms with van der Waals surface area (Å²) in [5.41, 5.74) is 4.68. The molecule has 0 aliphatic rings. The minimum absolute atomic E-state index is 0.342. The molecule has 4 rings (SSSR count). The summed E-state index contributed by atoms with van der Waals surface area (Å²) in [4.78, 5) is 0. The van der Waals surface area contributed by atoms with E-state index in [1.54, 1.807) is 0 Å². The van der Waals surface area contributed by atoms with Crippen molar-refractivity contribution in [1.82, 2.24) is 15.5 Å². The number of rotatable bonds is 9. The molecule has 0 bridgehead atoms. The topological polar surface area (TPSA) is 112 Å². The van der Waals surface area contributed by atoms with E-state index in [4.69, 9.17) is 4.42 Å². The summed E-state index contributed by atoms with van der Waals surface area (Å²) in [6.45, 7) is 1.24. The Hall–Kier alpha value is -3.36. The molecule has 0 unspecified atom stereocenters. The Bertz CT molecular complexity index is 1190. The van der Waals surface area contributed by atoms with Gasteiger partial charge in [0, 0.05) is 17.7 Å². The van der Waals surface area contributed by atoms with Gasteiger partial charge in [0.2, 0.25) is 11.8 Å². The van der Waals surface area contributed by atoms with Gasteiger partial charge in [-0.2, -0.15) is 0 Å². The van der Waals surface area contributed by atoms with E-state index in [0.717, 1.165) is 33.4 Å². The summed E-state index contributed by atoms with van der Waals surface area (Å²) in [7, 11) is 0. The normalized spacial score (nSPS) is 11.6. The van der Waals surface area contributed by atoms with E-state index < -0.39 is 5.54 Å². The third-order valence-electron chi connectivity index (χ3n) is 5.82. The molecule has 170 valence electrons. The number of nitrogens with zero attached hydrogens (tertiary/aromatic N) is 2. The molecular formula is C26H27N3O4. The quantitative estimate of drug-likeness (QED) is 0.313. The van der Waals surface area contributed by atoms with Crippen LogP contribution < -0.4 is 5.32 Å². The maximum atomic E-state index is 9.50. The summed E-state index contributed by atoms with van der Waals surface area (Å²) >= 11 is 0. The molecule has 0 aliphatic heterocycles. The molecule has 0 amide bonds. The molecule has 33 heavy (non-hydrogen) atoms. The average Bonchev–Trinajstić information content (AvgIpc) is 3.36. The Labute approximate surface area is 192 Å². The van der Waals surface area contributed by atoms with E-state index >= 15 is 0 Å². The second-order valence-corrected chi connectivity index (χ2v) is 8.07. The largest absolute Gasteiger partial charge is 0.416 e. The molecule has 3 aromatic carbocycles. The molecule has 1 aromatic heterocycles. The highest BCUT2D eigenvalue weighted by Crippen LogP contribution is 2.32. The number of aromatic nitrogens is 2. The first kappa shape index (κ1) is 22.8. The standard InChI is InChI=1S/C26H27N3O4/c1-18-22(20-8-3-2-4-9-20)11-6-12-23(18)25-29-28-24(33-25)21-10-5-7-19(13-21)14-27-26(15-30,16-31)17-32/h2-13,27,30-32H,14-17H2,1H3. The van der Waals surface area contributed by atoms with Crippen LogP contribution in [0.3, 0.4) is 0 Å². The lowest BCUT2D eigenvalue weighted by Crippen LogP contribution is -2.54. The van der Waals surface area contributed by atoms with Gasteiger partial charge in [0.1, 0.15) is 0 Å². The number of nitrogens with one attached hydrogen (secondary N) is 1. The van der Waals surface area contributed by atoms with Crippen molar-refractivity contribution in [2.24, 2.45) is 0 Å². The van der Waals surface area contributed by atoms with Crippen molar-refractivity contribution < 1.29 is 19.7 Å². The first-order valence-corrected chi connectivity index (χ1v) is 10.7. The second-order valence-electron chi connectivity index (χ2n) is 8.07. The van der Waals surface area contributed by atoms with Crippen molar-refractivity contribution >= 4 is 0 Å². The van der Waals surface area contributed by atoms with Crippen LogP contribution in [-0.2, 0) is 6.54 Å². The molecule has 4 aromatic rings. The number of hydrogen-bond donors (Lipinski definition) is 4. The number of aliphatic hydroxyl groups is 3. The van der Waals surface area contributed by atoms with Gasteiger partial charge >= 0.3 is 0 Å². The molecule has 0 spiro atoms. The van der Waals surface area contributed by atoms with Crippen LogP contribution in [0, 0.1) is 6.92 Å². The molecule has 0 aliphatic carbocycles. The number of benzene rings is 3. The van der Waals surface area contributed by atoms with Gasteiger partial charge < -0.3 is 25.1 Å². The van der Waals surface area contributed by atoms with Gasteiger partial charge in [-0.1, -0.05) is 54.6 Å². The minimum Gasteiger partial charge on any atom is -0.416 e. The van der Waals surface area contributed by atoms with Gasteiger partial charge in [0.05, 0.1) is 25.4 Å². The van der Waals surface area contributed by atoms with Crippen LogP contribution in [0.4, 0.5) is 0 Å². The van der Waals surface area contributed by atoms with Gasteiger partial charge in [0.25, 0.3) is 0 Å². The fraction of sp³-hybridized carbons (Fsp3) is 0.231. The van der Waals surface area contributed by atoms with E-state index in [1.807, 2.05) is 61.5 Å². The maximum absolute atomic E-state index is 9.50. The van der Waals surface area contributed by atoms with Gasteiger partial charge in [-0.3, -0.25) is 0 Å². The summed E-state index contributed by atoms with van der Waals surface area (Å²) in [5.74, 6) is 0.845. The first-order valence-electron chi connectivity index (χ1n) is 10.7. The number of hydrogen-bond acceptors (Lipinski definition) is 7. The highest BCUT2D eigenvalue weighted by molar-refractivity contribution is 5.75. The molecule has 0 fully saturated rings. The Morgan fingerprint density at radius 3 is 2.12 bits per heavy atom. The third kappa shape index (κ3) is 4.86. The lowest BCUT2D eigenvalue weighted by Gasteiger charge is -2.28.